The van der Waals surface area contributed by atoms with Gasteiger partial charge < -0.3 is 5.73 Å². The molecule has 0 radical (unpaired) electrons. The molecule has 0 unspecified atom stereocenters. The van der Waals surface area contributed by atoms with Crippen LogP contribution in [-0.4, -0.2) is 29.8 Å². The van der Waals surface area contributed by atoms with Crippen molar-refractivity contribution in [3.8, 4) is 0 Å². The highest BCUT2D eigenvalue weighted by Gasteiger charge is 2.47. The van der Waals surface area contributed by atoms with E-state index in [4.69, 9.17) is 5.73 Å². The summed E-state index contributed by atoms with van der Waals surface area (Å²) in [5.41, 5.74) is 5.76. The summed E-state index contributed by atoms with van der Waals surface area (Å²) in [6.07, 6.45) is 2.33. The summed E-state index contributed by atoms with van der Waals surface area (Å²) in [4.78, 5) is 24.3. The lowest BCUT2D eigenvalue weighted by Gasteiger charge is -2.25. The van der Waals surface area contributed by atoms with E-state index in [9.17, 15) is 9.59 Å². The summed E-state index contributed by atoms with van der Waals surface area (Å²) >= 11 is 0. The van der Waals surface area contributed by atoms with Crippen LogP contribution in [0.1, 0.15) is 19.3 Å². The molecule has 2 amide bonds. The molecule has 4 heteroatoms. The summed E-state index contributed by atoms with van der Waals surface area (Å²) < 4.78 is 0. The second-order valence-corrected chi connectivity index (χ2v) is 4.02. The largest absolute Gasteiger partial charge is 0.328 e. The number of nitrogens with zero attached hydrogens (tertiary/aromatic N) is 1. The first-order valence-electron chi connectivity index (χ1n) is 4.68. The van der Waals surface area contributed by atoms with E-state index in [-0.39, 0.29) is 29.7 Å². The molecule has 2 N–H and O–H groups in total. The summed E-state index contributed by atoms with van der Waals surface area (Å²) in [5, 5.41) is 0. The molecule has 1 saturated carbocycles. The maximum atomic E-state index is 11.5. The van der Waals surface area contributed by atoms with Crippen molar-refractivity contribution in [2.24, 2.45) is 17.6 Å². The van der Waals surface area contributed by atoms with E-state index in [0.717, 1.165) is 12.8 Å². The first-order chi connectivity index (χ1) is 6.11. The fourth-order valence-electron chi connectivity index (χ4n) is 2.38. The predicted octanol–water partition coefficient (Wildman–Crippen LogP) is -0.271. The quantitative estimate of drug-likeness (QED) is 0.524. The Morgan fingerprint density at radius 3 is 2.54 bits per heavy atom. The molecule has 0 aromatic heterocycles. The van der Waals surface area contributed by atoms with Crippen LogP contribution in [0.2, 0.25) is 0 Å². The van der Waals surface area contributed by atoms with E-state index in [2.05, 4.69) is 0 Å². The average molecular weight is 182 g/mol. The highest BCUT2D eigenvalue weighted by atomic mass is 16.2. The van der Waals surface area contributed by atoms with Crippen molar-refractivity contribution in [2.45, 2.75) is 25.3 Å². The third kappa shape index (κ3) is 1.16. The van der Waals surface area contributed by atoms with Gasteiger partial charge in [-0.05, 0) is 19.3 Å². The van der Waals surface area contributed by atoms with Gasteiger partial charge in [0.05, 0.1) is 11.8 Å². The van der Waals surface area contributed by atoms with Crippen molar-refractivity contribution in [2.75, 3.05) is 7.05 Å². The Balaban J connectivity index is 2.22. The van der Waals surface area contributed by atoms with E-state index in [1.165, 1.54) is 4.90 Å². The molecule has 0 bridgehead atoms. The number of imide groups is 1. The van der Waals surface area contributed by atoms with E-state index in [1.54, 1.807) is 7.05 Å². The van der Waals surface area contributed by atoms with Crippen LogP contribution >= 0.6 is 0 Å². The van der Waals surface area contributed by atoms with Crippen LogP contribution in [0.5, 0.6) is 0 Å². The van der Waals surface area contributed by atoms with E-state index in [1.807, 2.05) is 0 Å². The van der Waals surface area contributed by atoms with Crippen molar-refractivity contribution in [3.63, 3.8) is 0 Å². The van der Waals surface area contributed by atoms with Gasteiger partial charge in [-0.25, -0.2) is 0 Å². The molecule has 1 aliphatic carbocycles. The van der Waals surface area contributed by atoms with Gasteiger partial charge in [0.15, 0.2) is 0 Å². The summed E-state index contributed by atoms with van der Waals surface area (Å²) in [5.74, 6) is -0.245. The zero-order chi connectivity index (χ0) is 9.59. The Kier molecular flexibility index (Phi) is 1.87. The van der Waals surface area contributed by atoms with Gasteiger partial charge in [-0.3, -0.25) is 14.5 Å². The molecular weight excluding hydrogens is 168 g/mol. The molecular formula is C9H14N2O2. The topological polar surface area (TPSA) is 63.4 Å². The van der Waals surface area contributed by atoms with Crippen molar-refractivity contribution >= 4 is 11.8 Å². The highest BCUT2D eigenvalue weighted by Crippen LogP contribution is 2.36. The van der Waals surface area contributed by atoms with Crippen molar-refractivity contribution in [1.82, 2.24) is 4.90 Å². The number of hydrogen-bond acceptors (Lipinski definition) is 3. The van der Waals surface area contributed by atoms with Gasteiger partial charge in [-0.15, -0.1) is 0 Å². The van der Waals surface area contributed by atoms with Gasteiger partial charge in [-0.2, -0.15) is 0 Å². The zero-order valence-corrected chi connectivity index (χ0v) is 7.69. The van der Waals surface area contributed by atoms with Crippen LogP contribution in [0.25, 0.3) is 0 Å². The number of carbonyl (C=O) groups excluding carboxylic acids is 2. The first-order valence-corrected chi connectivity index (χ1v) is 4.68. The Morgan fingerprint density at radius 1 is 1.23 bits per heavy atom. The van der Waals surface area contributed by atoms with Crippen LogP contribution < -0.4 is 5.73 Å². The lowest BCUT2D eigenvalue weighted by atomic mass is 9.79. The molecule has 1 saturated heterocycles. The maximum absolute atomic E-state index is 11.5. The van der Waals surface area contributed by atoms with Gasteiger partial charge in [0.1, 0.15) is 0 Å². The van der Waals surface area contributed by atoms with Crippen molar-refractivity contribution in [1.29, 1.82) is 0 Å². The van der Waals surface area contributed by atoms with Gasteiger partial charge in [-0.1, -0.05) is 0 Å². The first kappa shape index (κ1) is 8.69. The molecule has 0 aromatic rings. The van der Waals surface area contributed by atoms with Gasteiger partial charge >= 0.3 is 0 Å². The predicted molar refractivity (Wildman–Crippen MR) is 46.6 cm³/mol. The fraction of sp³-hybridized carbons (Fsp3) is 0.778. The number of amides is 2. The molecule has 2 aliphatic rings. The van der Waals surface area contributed by atoms with Crippen LogP contribution in [-0.2, 0) is 9.59 Å². The molecule has 0 aromatic carbocycles. The Bertz CT molecular complexity index is 264. The van der Waals surface area contributed by atoms with E-state index in [0.29, 0.717) is 6.42 Å². The summed E-state index contributed by atoms with van der Waals surface area (Å²) in [6, 6.07) is 0.101. The monoisotopic (exact) mass is 182 g/mol. The van der Waals surface area contributed by atoms with Crippen molar-refractivity contribution in [3.05, 3.63) is 0 Å². The van der Waals surface area contributed by atoms with Crippen LogP contribution in [0.3, 0.4) is 0 Å². The number of nitrogens with two attached hydrogens (primary N) is 1. The number of rotatable bonds is 0. The summed E-state index contributed by atoms with van der Waals surface area (Å²) in [6.45, 7) is 0. The minimum absolute atomic E-state index is 0.0121. The minimum Gasteiger partial charge on any atom is -0.328 e. The molecule has 1 heterocycles. The average Bonchev–Trinajstić information content (AvgIpc) is 2.32. The molecule has 13 heavy (non-hydrogen) atoms. The number of likely N-dealkylation sites (tertiary alicyclic amines) is 1. The molecule has 4 nitrogen and oxygen atoms in total. The Hall–Kier alpha value is -0.900. The van der Waals surface area contributed by atoms with Gasteiger partial charge in [0, 0.05) is 13.1 Å². The highest BCUT2D eigenvalue weighted by molar-refractivity contribution is 6.04. The van der Waals surface area contributed by atoms with Crippen molar-refractivity contribution < 1.29 is 9.59 Å². The number of fused-ring (bicyclic) bond motifs is 1. The smallest absolute Gasteiger partial charge is 0.232 e. The number of carbonyl (C=O) groups is 2. The standard InChI is InChI=1S/C9H14N2O2/c1-11-8(12)6-3-2-5(10)4-7(6)9(11)13/h5-7H,2-4,10H2,1H3/t5-,6-,7-/m1/s1. The SMILES string of the molecule is CN1C(=O)[C@@H]2CC[C@@H](N)C[C@H]2C1=O. The van der Waals surface area contributed by atoms with E-state index < -0.39 is 0 Å². The Morgan fingerprint density at radius 2 is 1.85 bits per heavy atom. The van der Waals surface area contributed by atoms with Gasteiger partial charge in [0.2, 0.25) is 11.8 Å². The second-order valence-electron chi connectivity index (χ2n) is 4.02. The molecule has 2 rings (SSSR count). The zero-order valence-electron chi connectivity index (χ0n) is 7.69. The fourth-order valence-corrected chi connectivity index (χ4v) is 2.38. The molecule has 1 aliphatic heterocycles. The lowest BCUT2D eigenvalue weighted by Crippen LogP contribution is -2.34. The second kappa shape index (κ2) is 2.80. The maximum Gasteiger partial charge on any atom is 0.232 e. The molecule has 3 atom stereocenters. The lowest BCUT2D eigenvalue weighted by molar-refractivity contribution is -0.138. The minimum atomic E-state index is -0.124. The molecule has 72 valence electrons. The van der Waals surface area contributed by atoms with Gasteiger partial charge in [0.25, 0.3) is 0 Å². The Labute approximate surface area is 77.1 Å². The van der Waals surface area contributed by atoms with Crippen LogP contribution in [0.4, 0.5) is 0 Å². The molecule has 2 fully saturated rings. The van der Waals surface area contributed by atoms with Crippen LogP contribution in [0, 0.1) is 11.8 Å². The summed E-state index contributed by atoms with van der Waals surface area (Å²) in [7, 11) is 1.56. The third-order valence-electron chi connectivity index (χ3n) is 3.19. The molecule has 0 spiro atoms. The van der Waals surface area contributed by atoms with Crippen LogP contribution in [0.15, 0.2) is 0 Å². The third-order valence-corrected chi connectivity index (χ3v) is 3.19. The number of hydrogen-bond donors (Lipinski definition) is 1. The normalized spacial score (nSPS) is 39.5. The van der Waals surface area contributed by atoms with E-state index >= 15 is 0 Å².